The minimum Gasteiger partial charge on any atom is -0.334 e. The SMILES string of the molecule is O=C(Cc1ccccc1)N1CCNCC12CCCCC2. The van der Waals surface area contributed by atoms with Crippen molar-refractivity contribution >= 4 is 5.91 Å². The van der Waals surface area contributed by atoms with Crippen LogP contribution in [0.3, 0.4) is 0 Å². The van der Waals surface area contributed by atoms with Gasteiger partial charge in [-0.05, 0) is 18.4 Å². The quantitative estimate of drug-likeness (QED) is 0.896. The van der Waals surface area contributed by atoms with E-state index in [1.54, 1.807) is 0 Å². The summed E-state index contributed by atoms with van der Waals surface area (Å²) in [6.45, 7) is 2.78. The van der Waals surface area contributed by atoms with E-state index in [0.29, 0.717) is 12.3 Å². The first kappa shape index (κ1) is 13.6. The van der Waals surface area contributed by atoms with Gasteiger partial charge in [0.1, 0.15) is 0 Å². The van der Waals surface area contributed by atoms with Crippen molar-refractivity contribution < 1.29 is 4.79 Å². The Morgan fingerprint density at radius 1 is 1.15 bits per heavy atom. The van der Waals surface area contributed by atoms with Crippen molar-refractivity contribution in [1.82, 2.24) is 10.2 Å². The van der Waals surface area contributed by atoms with Crippen molar-refractivity contribution in [3.05, 3.63) is 35.9 Å². The maximum Gasteiger partial charge on any atom is 0.227 e. The lowest BCUT2D eigenvalue weighted by Crippen LogP contribution is -2.63. The fourth-order valence-corrected chi connectivity index (χ4v) is 3.76. The zero-order valence-corrected chi connectivity index (χ0v) is 12.1. The first-order valence-electron chi connectivity index (χ1n) is 7.85. The van der Waals surface area contributed by atoms with Gasteiger partial charge in [-0.15, -0.1) is 0 Å². The van der Waals surface area contributed by atoms with Crippen molar-refractivity contribution in [2.75, 3.05) is 19.6 Å². The monoisotopic (exact) mass is 272 g/mol. The highest BCUT2D eigenvalue weighted by Crippen LogP contribution is 2.34. The molecule has 1 aliphatic heterocycles. The van der Waals surface area contributed by atoms with E-state index in [1.165, 1.54) is 32.1 Å². The topological polar surface area (TPSA) is 32.3 Å². The lowest BCUT2D eigenvalue weighted by atomic mass is 9.78. The Balaban J connectivity index is 1.74. The maximum absolute atomic E-state index is 12.7. The van der Waals surface area contributed by atoms with Crippen LogP contribution in [0.1, 0.15) is 37.7 Å². The van der Waals surface area contributed by atoms with Gasteiger partial charge in [0, 0.05) is 19.6 Å². The Morgan fingerprint density at radius 2 is 1.90 bits per heavy atom. The summed E-state index contributed by atoms with van der Waals surface area (Å²) >= 11 is 0. The summed E-state index contributed by atoms with van der Waals surface area (Å²) in [5.74, 6) is 0.305. The second kappa shape index (κ2) is 5.96. The van der Waals surface area contributed by atoms with Crippen molar-refractivity contribution in [3.63, 3.8) is 0 Å². The molecule has 0 unspecified atom stereocenters. The third-order valence-electron chi connectivity index (χ3n) is 4.82. The molecule has 0 atom stereocenters. The Kier molecular flexibility index (Phi) is 4.06. The molecule has 1 N–H and O–H groups in total. The van der Waals surface area contributed by atoms with Crippen LogP contribution in [0.4, 0.5) is 0 Å². The summed E-state index contributed by atoms with van der Waals surface area (Å²) < 4.78 is 0. The number of carbonyl (C=O) groups is 1. The van der Waals surface area contributed by atoms with Crippen LogP contribution in [0.2, 0.25) is 0 Å². The fourth-order valence-electron chi connectivity index (χ4n) is 3.76. The third-order valence-corrected chi connectivity index (χ3v) is 4.82. The van der Waals surface area contributed by atoms with Gasteiger partial charge in [0.15, 0.2) is 0 Å². The van der Waals surface area contributed by atoms with E-state index in [-0.39, 0.29) is 5.54 Å². The van der Waals surface area contributed by atoms with Gasteiger partial charge in [-0.25, -0.2) is 0 Å². The molecule has 1 spiro atoms. The Hall–Kier alpha value is -1.35. The number of nitrogens with one attached hydrogen (secondary N) is 1. The summed E-state index contributed by atoms with van der Waals surface area (Å²) in [5, 5.41) is 3.50. The first-order chi connectivity index (χ1) is 9.80. The minimum atomic E-state index is 0.0996. The molecule has 0 aromatic heterocycles. The third kappa shape index (κ3) is 2.73. The first-order valence-corrected chi connectivity index (χ1v) is 7.85. The van der Waals surface area contributed by atoms with E-state index in [4.69, 9.17) is 0 Å². The molecule has 108 valence electrons. The van der Waals surface area contributed by atoms with Crippen molar-refractivity contribution in [3.8, 4) is 0 Å². The minimum absolute atomic E-state index is 0.0996. The zero-order valence-electron chi connectivity index (χ0n) is 12.1. The molecule has 1 heterocycles. The predicted octanol–water partition coefficient (Wildman–Crippen LogP) is 2.36. The van der Waals surface area contributed by atoms with Gasteiger partial charge in [0.2, 0.25) is 5.91 Å². The van der Waals surface area contributed by atoms with Gasteiger partial charge < -0.3 is 10.2 Å². The van der Waals surface area contributed by atoms with Gasteiger partial charge in [-0.1, -0.05) is 49.6 Å². The fraction of sp³-hybridized carbons (Fsp3) is 0.588. The maximum atomic E-state index is 12.7. The van der Waals surface area contributed by atoms with E-state index in [9.17, 15) is 4.79 Å². The Morgan fingerprint density at radius 3 is 2.65 bits per heavy atom. The number of hydrogen-bond acceptors (Lipinski definition) is 2. The molecule has 1 amide bonds. The normalized spacial score (nSPS) is 21.9. The van der Waals surface area contributed by atoms with Crippen LogP contribution in [0.25, 0.3) is 0 Å². The lowest BCUT2D eigenvalue weighted by Gasteiger charge is -2.50. The van der Waals surface area contributed by atoms with E-state index in [2.05, 4.69) is 10.2 Å². The molecule has 2 fully saturated rings. The Bertz CT molecular complexity index is 443. The van der Waals surface area contributed by atoms with Crippen LogP contribution in [0, 0.1) is 0 Å². The van der Waals surface area contributed by atoms with Gasteiger partial charge >= 0.3 is 0 Å². The van der Waals surface area contributed by atoms with Crippen molar-refractivity contribution in [2.45, 2.75) is 44.1 Å². The number of carbonyl (C=O) groups excluding carboxylic acids is 1. The van der Waals surface area contributed by atoms with Crippen molar-refractivity contribution in [2.24, 2.45) is 0 Å². The zero-order chi connectivity index (χ0) is 13.8. The molecule has 1 aromatic carbocycles. The number of benzene rings is 1. The smallest absolute Gasteiger partial charge is 0.227 e. The van der Waals surface area contributed by atoms with E-state index >= 15 is 0 Å². The number of rotatable bonds is 2. The number of nitrogens with zero attached hydrogens (tertiary/aromatic N) is 1. The molecular formula is C17H24N2O. The largest absolute Gasteiger partial charge is 0.334 e. The average Bonchev–Trinajstić information content (AvgIpc) is 2.49. The van der Waals surface area contributed by atoms with Crippen LogP contribution < -0.4 is 5.32 Å². The summed E-state index contributed by atoms with van der Waals surface area (Å²) in [7, 11) is 0. The van der Waals surface area contributed by atoms with Crippen LogP contribution in [-0.2, 0) is 11.2 Å². The number of hydrogen-bond donors (Lipinski definition) is 1. The van der Waals surface area contributed by atoms with E-state index in [1.807, 2.05) is 30.3 Å². The molecule has 20 heavy (non-hydrogen) atoms. The molecule has 1 saturated carbocycles. The van der Waals surface area contributed by atoms with Gasteiger partial charge in [-0.3, -0.25) is 4.79 Å². The summed E-state index contributed by atoms with van der Waals surface area (Å²) in [4.78, 5) is 14.9. The lowest BCUT2D eigenvalue weighted by molar-refractivity contribution is -0.140. The molecule has 3 nitrogen and oxygen atoms in total. The molecule has 3 heteroatoms. The Labute approximate surface area is 121 Å². The molecular weight excluding hydrogens is 248 g/mol. The molecule has 2 aliphatic rings. The molecule has 1 aliphatic carbocycles. The average molecular weight is 272 g/mol. The molecule has 0 radical (unpaired) electrons. The highest BCUT2D eigenvalue weighted by Gasteiger charge is 2.41. The van der Waals surface area contributed by atoms with Crippen LogP contribution in [-0.4, -0.2) is 36.0 Å². The number of amides is 1. The van der Waals surface area contributed by atoms with Gasteiger partial charge in [0.25, 0.3) is 0 Å². The summed E-state index contributed by atoms with van der Waals surface area (Å²) in [5.41, 5.74) is 1.23. The summed E-state index contributed by atoms with van der Waals surface area (Å²) in [6, 6.07) is 10.1. The van der Waals surface area contributed by atoms with Gasteiger partial charge in [0.05, 0.1) is 12.0 Å². The molecule has 3 rings (SSSR count). The van der Waals surface area contributed by atoms with E-state index < -0.39 is 0 Å². The highest BCUT2D eigenvalue weighted by molar-refractivity contribution is 5.79. The summed E-state index contributed by atoms with van der Waals surface area (Å²) in [6.07, 6.45) is 6.72. The highest BCUT2D eigenvalue weighted by atomic mass is 16.2. The second-order valence-corrected chi connectivity index (χ2v) is 6.17. The van der Waals surface area contributed by atoms with Crippen LogP contribution in [0.5, 0.6) is 0 Å². The van der Waals surface area contributed by atoms with Gasteiger partial charge in [-0.2, -0.15) is 0 Å². The molecule has 1 saturated heterocycles. The number of piperazine rings is 1. The molecule has 0 bridgehead atoms. The van der Waals surface area contributed by atoms with Crippen LogP contribution in [0.15, 0.2) is 30.3 Å². The van der Waals surface area contributed by atoms with Crippen LogP contribution >= 0.6 is 0 Å². The second-order valence-electron chi connectivity index (χ2n) is 6.17. The molecule has 1 aromatic rings. The van der Waals surface area contributed by atoms with E-state index in [0.717, 1.165) is 25.2 Å². The predicted molar refractivity (Wildman–Crippen MR) is 80.5 cm³/mol. The standard InChI is InChI=1S/C17H24N2O/c20-16(13-15-7-3-1-4-8-15)19-12-11-18-14-17(19)9-5-2-6-10-17/h1,3-4,7-8,18H,2,5-6,9-14H2. The van der Waals surface area contributed by atoms with Crippen molar-refractivity contribution in [1.29, 1.82) is 0 Å².